The topological polar surface area (TPSA) is 21.6 Å². The quantitative estimate of drug-likeness (QED) is 0.274. The zero-order valence-corrected chi connectivity index (χ0v) is 23.7. The molecule has 4 rings (SSSR count). The maximum atomic E-state index is 14.1. The van der Waals surface area contributed by atoms with Crippen LogP contribution in [0, 0.1) is 11.6 Å². The van der Waals surface area contributed by atoms with Crippen LogP contribution in [0.3, 0.4) is 0 Å². The van der Waals surface area contributed by atoms with E-state index >= 15 is 0 Å². The third-order valence-corrected chi connectivity index (χ3v) is 6.85. The van der Waals surface area contributed by atoms with Crippen molar-refractivity contribution in [3.8, 4) is 11.1 Å². The van der Waals surface area contributed by atoms with Gasteiger partial charge in [0.2, 0.25) is 0 Å². The minimum absolute atomic E-state index is 0.0117. The summed E-state index contributed by atoms with van der Waals surface area (Å²) < 4.78 is 33.6. The number of methoxy groups -OCH3 is 1. The molecule has 5 heteroatoms. The number of halogens is 2. The summed E-state index contributed by atoms with van der Waals surface area (Å²) in [5, 5.41) is 0.952. The molecule has 1 atom stereocenters. The number of hydrogen-bond acceptors (Lipinski definition) is 3. The zero-order valence-electron chi connectivity index (χ0n) is 22.9. The lowest BCUT2D eigenvalue weighted by atomic mass is 9.99. The molecule has 2 nitrogen and oxygen atoms in total. The number of nitrogens with zero attached hydrogens (tertiary/aromatic N) is 1. The van der Waals surface area contributed by atoms with Crippen molar-refractivity contribution in [2.45, 2.75) is 65.7 Å². The fourth-order valence-corrected chi connectivity index (χ4v) is 4.91. The van der Waals surface area contributed by atoms with Crippen molar-refractivity contribution < 1.29 is 13.5 Å². The van der Waals surface area contributed by atoms with Crippen molar-refractivity contribution in [2.75, 3.05) is 7.11 Å². The number of benzene rings is 3. The molecule has 1 aliphatic heterocycles. The second kappa shape index (κ2) is 16.0. The van der Waals surface area contributed by atoms with Crippen LogP contribution in [0.1, 0.15) is 76.6 Å². The maximum absolute atomic E-state index is 14.1. The second-order valence-electron chi connectivity index (χ2n) is 7.97. The van der Waals surface area contributed by atoms with E-state index in [0.29, 0.717) is 12.1 Å². The molecule has 3 aromatic carbocycles. The smallest absolute Gasteiger partial charge is 0.149 e. The molecular weight excluding hydrogens is 484 g/mol. The molecule has 1 aliphatic rings. The lowest BCUT2D eigenvalue weighted by molar-refractivity contribution is 0.323. The lowest BCUT2D eigenvalue weighted by Gasteiger charge is -2.10. The van der Waals surface area contributed by atoms with Gasteiger partial charge in [0, 0.05) is 11.5 Å². The third kappa shape index (κ3) is 8.29. The van der Waals surface area contributed by atoms with E-state index in [9.17, 15) is 8.78 Å². The van der Waals surface area contributed by atoms with Crippen molar-refractivity contribution in [3.05, 3.63) is 106 Å². The van der Waals surface area contributed by atoms with Gasteiger partial charge in [-0.05, 0) is 59.7 Å². The zero-order chi connectivity index (χ0) is 27.2. The Kier molecular flexibility index (Phi) is 13.1. The van der Waals surface area contributed by atoms with Crippen molar-refractivity contribution in [2.24, 2.45) is 4.99 Å². The van der Waals surface area contributed by atoms with Gasteiger partial charge in [0.25, 0.3) is 0 Å². The Morgan fingerprint density at radius 3 is 2.03 bits per heavy atom. The van der Waals surface area contributed by atoms with Gasteiger partial charge in [-0.3, -0.25) is 4.99 Å². The maximum Gasteiger partial charge on any atom is 0.149 e. The summed E-state index contributed by atoms with van der Waals surface area (Å²) in [6, 6.07) is 20.7. The highest BCUT2D eigenvalue weighted by atomic mass is 32.2. The van der Waals surface area contributed by atoms with Crippen LogP contribution in [-0.4, -0.2) is 12.8 Å². The molecule has 1 unspecified atom stereocenters. The summed E-state index contributed by atoms with van der Waals surface area (Å²) in [4.78, 5) is 4.64. The van der Waals surface area contributed by atoms with Crippen molar-refractivity contribution in [1.82, 2.24) is 0 Å². The molecule has 0 aromatic heterocycles. The van der Waals surface area contributed by atoms with Crippen LogP contribution in [0.15, 0.2) is 82.9 Å². The number of thioether (sulfide) groups is 1. The Balaban J connectivity index is 0.00000115. The molecule has 37 heavy (non-hydrogen) atoms. The van der Waals surface area contributed by atoms with Gasteiger partial charge in [0.15, 0.2) is 0 Å². The van der Waals surface area contributed by atoms with Gasteiger partial charge in [0.05, 0.1) is 18.7 Å². The molecule has 0 aliphatic carbocycles. The van der Waals surface area contributed by atoms with Crippen LogP contribution < -0.4 is 0 Å². The second-order valence-corrected chi connectivity index (χ2v) is 8.95. The van der Waals surface area contributed by atoms with E-state index in [0.717, 1.165) is 40.4 Å². The summed E-state index contributed by atoms with van der Waals surface area (Å²) in [6.07, 6.45) is 4.37. The number of rotatable bonds is 8. The molecule has 0 saturated heterocycles. The highest BCUT2D eigenvalue weighted by Crippen LogP contribution is 2.33. The largest absolute Gasteiger partial charge is 0.491 e. The molecule has 0 amide bonds. The van der Waals surface area contributed by atoms with Crippen molar-refractivity contribution in [3.63, 3.8) is 0 Å². The van der Waals surface area contributed by atoms with Gasteiger partial charge in [-0.1, -0.05) is 101 Å². The summed E-state index contributed by atoms with van der Waals surface area (Å²) >= 11 is 1.70. The normalized spacial score (nSPS) is 14.6. The molecule has 0 fully saturated rings. The van der Waals surface area contributed by atoms with Crippen LogP contribution in [0.25, 0.3) is 11.1 Å². The van der Waals surface area contributed by atoms with Crippen molar-refractivity contribution >= 4 is 17.5 Å². The first kappa shape index (κ1) is 30.3. The van der Waals surface area contributed by atoms with E-state index < -0.39 is 11.6 Å². The summed E-state index contributed by atoms with van der Waals surface area (Å²) in [5.74, 6) is -0.235. The van der Waals surface area contributed by atoms with Gasteiger partial charge < -0.3 is 4.74 Å². The van der Waals surface area contributed by atoms with E-state index in [1.165, 1.54) is 23.8 Å². The van der Waals surface area contributed by atoms with Gasteiger partial charge in [0.1, 0.15) is 16.7 Å². The standard InChI is InChI=1S/C28H27F2NOS.2C2H6/c1-3-5-27(32-2)33-18-19-8-10-20(11-9-19)21-12-14-22(15-13-21)25-16-17-26(31-25)28-23(29)6-4-7-24(28)30;2*1-2/h4-15,25H,3,16-18H2,1-2H3;2*1-2H3/b27-5-;;. The van der Waals surface area contributed by atoms with E-state index in [4.69, 9.17) is 4.74 Å². The highest BCUT2D eigenvalue weighted by molar-refractivity contribution is 8.02. The van der Waals surface area contributed by atoms with E-state index in [2.05, 4.69) is 66.5 Å². The highest BCUT2D eigenvalue weighted by Gasteiger charge is 2.24. The van der Waals surface area contributed by atoms with Crippen LogP contribution in [-0.2, 0) is 10.5 Å². The minimum atomic E-state index is -0.550. The summed E-state index contributed by atoms with van der Waals surface area (Å²) in [7, 11) is 1.71. The predicted octanol–water partition coefficient (Wildman–Crippen LogP) is 10.1. The van der Waals surface area contributed by atoms with Crippen LogP contribution >= 0.6 is 11.8 Å². The Morgan fingerprint density at radius 1 is 0.919 bits per heavy atom. The molecule has 0 N–H and O–H groups in total. The molecular formula is C32H39F2NOS. The Hall–Kier alpha value is -2.92. The van der Waals surface area contributed by atoms with Gasteiger partial charge in [-0.15, -0.1) is 0 Å². The average Bonchev–Trinajstić information content (AvgIpc) is 3.43. The Labute approximate surface area is 225 Å². The Morgan fingerprint density at radius 2 is 1.49 bits per heavy atom. The number of ether oxygens (including phenoxy) is 1. The predicted molar refractivity (Wildman–Crippen MR) is 156 cm³/mol. The summed E-state index contributed by atoms with van der Waals surface area (Å²) in [5.41, 5.74) is 5.11. The first-order chi connectivity index (χ1) is 18.1. The van der Waals surface area contributed by atoms with Gasteiger partial charge in [-0.2, -0.15) is 0 Å². The molecule has 0 spiro atoms. The monoisotopic (exact) mass is 523 g/mol. The average molecular weight is 524 g/mol. The Bertz CT molecular complexity index is 1130. The molecule has 3 aromatic rings. The molecule has 1 heterocycles. The minimum Gasteiger partial charge on any atom is -0.491 e. The first-order valence-electron chi connectivity index (χ1n) is 13.2. The number of hydrogen-bond donors (Lipinski definition) is 0. The van der Waals surface area contributed by atoms with Gasteiger partial charge in [-0.25, -0.2) is 8.78 Å². The van der Waals surface area contributed by atoms with Gasteiger partial charge >= 0.3 is 0 Å². The number of aliphatic imine (C=N–C) groups is 1. The molecule has 0 bridgehead atoms. The van der Waals surface area contributed by atoms with Crippen LogP contribution in [0.5, 0.6) is 0 Å². The third-order valence-electron chi connectivity index (χ3n) is 5.75. The fraction of sp³-hybridized carbons (Fsp3) is 0.344. The van der Waals surface area contributed by atoms with Crippen LogP contribution in [0.2, 0.25) is 0 Å². The van der Waals surface area contributed by atoms with E-state index in [-0.39, 0.29) is 11.6 Å². The van der Waals surface area contributed by atoms with Crippen LogP contribution in [0.4, 0.5) is 8.78 Å². The van der Waals surface area contributed by atoms with E-state index in [1.807, 2.05) is 27.7 Å². The molecule has 198 valence electrons. The van der Waals surface area contributed by atoms with Crippen molar-refractivity contribution in [1.29, 1.82) is 0 Å². The van der Waals surface area contributed by atoms with E-state index in [1.54, 1.807) is 18.9 Å². The summed E-state index contributed by atoms with van der Waals surface area (Å²) in [6.45, 7) is 10.1. The first-order valence-corrected chi connectivity index (χ1v) is 14.1. The molecule has 0 radical (unpaired) electrons. The lowest BCUT2D eigenvalue weighted by Crippen LogP contribution is -2.03. The number of allylic oxidation sites excluding steroid dienone is 1. The SMILES string of the molecule is CC.CC.CC/C=C(/OC)SCc1ccc(-c2ccc(C3CCC(c4c(F)cccc4F)=N3)cc2)cc1. The fourth-order valence-electron chi connectivity index (χ4n) is 4.01. The molecule has 0 saturated carbocycles.